The molecule has 1 atom stereocenters. The second-order valence-corrected chi connectivity index (χ2v) is 6.93. The van der Waals surface area contributed by atoms with Gasteiger partial charge in [-0.05, 0) is 31.7 Å². The lowest BCUT2D eigenvalue weighted by molar-refractivity contribution is -0.128. The molecule has 1 aliphatic heterocycles. The molecule has 1 aromatic heterocycles. The van der Waals surface area contributed by atoms with Crippen LogP contribution < -0.4 is 11.1 Å². The third-order valence-electron chi connectivity index (χ3n) is 4.86. The first kappa shape index (κ1) is 16.7. The highest BCUT2D eigenvalue weighted by Crippen LogP contribution is 2.26. The zero-order valence-corrected chi connectivity index (χ0v) is 14.1. The number of carbonyl (C=O) groups excluding carboxylic acids is 2. The van der Waals surface area contributed by atoms with Crippen molar-refractivity contribution in [1.82, 2.24) is 20.2 Å². The summed E-state index contributed by atoms with van der Waals surface area (Å²) in [6, 6.07) is 1.44. The Balaban J connectivity index is 1.56. The topological polar surface area (TPSA) is 101 Å². The number of nitrogens with zero attached hydrogens (tertiary/aromatic N) is 3. The molecule has 1 aliphatic carbocycles. The SMILES string of the molecule is Cc1cc(C(=O)N[C@H]2CC(=O)N(CC3CCCCC3)C2)nc(N)n1. The monoisotopic (exact) mass is 331 g/mol. The van der Waals surface area contributed by atoms with E-state index in [2.05, 4.69) is 15.3 Å². The van der Waals surface area contributed by atoms with Crippen molar-refractivity contribution in [2.24, 2.45) is 5.92 Å². The molecule has 0 unspecified atom stereocenters. The van der Waals surface area contributed by atoms with E-state index in [0.717, 1.165) is 6.54 Å². The molecule has 2 fully saturated rings. The molecule has 0 bridgehead atoms. The van der Waals surface area contributed by atoms with Gasteiger partial charge in [0, 0.05) is 25.2 Å². The molecular weight excluding hydrogens is 306 g/mol. The fourth-order valence-corrected chi connectivity index (χ4v) is 3.69. The van der Waals surface area contributed by atoms with Gasteiger partial charge in [-0.15, -0.1) is 0 Å². The Labute approximate surface area is 142 Å². The standard InChI is InChI=1S/C17H25N5O2/c1-11-7-14(21-17(18)19-11)16(24)20-13-8-15(23)22(10-13)9-12-5-3-2-4-6-12/h7,12-13H,2-6,8-10H2,1H3,(H,20,24)(H2,18,19,21)/t13-/m0/s1. The maximum absolute atomic E-state index is 12.3. The summed E-state index contributed by atoms with van der Waals surface area (Å²) in [5.74, 6) is 0.525. The fraction of sp³-hybridized carbons (Fsp3) is 0.647. The van der Waals surface area contributed by atoms with Crippen LogP contribution >= 0.6 is 0 Å². The number of rotatable bonds is 4. The average Bonchev–Trinajstić information content (AvgIpc) is 2.87. The van der Waals surface area contributed by atoms with Gasteiger partial charge in [0.2, 0.25) is 11.9 Å². The third kappa shape index (κ3) is 4.01. The van der Waals surface area contributed by atoms with Gasteiger partial charge in [-0.2, -0.15) is 0 Å². The van der Waals surface area contributed by atoms with Crippen LogP contribution in [0.4, 0.5) is 5.95 Å². The van der Waals surface area contributed by atoms with E-state index in [-0.39, 0.29) is 29.5 Å². The summed E-state index contributed by atoms with van der Waals surface area (Å²) in [5.41, 5.74) is 6.48. The van der Waals surface area contributed by atoms with Crippen LogP contribution in [0.3, 0.4) is 0 Å². The summed E-state index contributed by atoms with van der Waals surface area (Å²) >= 11 is 0. The lowest BCUT2D eigenvalue weighted by Gasteiger charge is -2.27. The maximum Gasteiger partial charge on any atom is 0.270 e. The number of likely N-dealkylation sites (tertiary alicyclic amines) is 1. The summed E-state index contributed by atoms with van der Waals surface area (Å²) in [5, 5.41) is 2.90. The van der Waals surface area contributed by atoms with E-state index in [1.807, 2.05) is 4.90 Å². The van der Waals surface area contributed by atoms with E-state index < -0.39 is 0 Å². The first-order valence-electron chi connectivity index (χ1n) is 8.71. The molecule has 130 valence electrons. The average molecular weight is 331 g/mol. The smallest absolute Gasteiger partial charge is 0.270 e. The van der Waals surface area contributed by atoms with Gasteiger partial charge in [0.15, 0.2) is 0 Å². The number of aryl methyl sites for hydroxylation is 1. The molecule has 2 heterocycles. The van der Waals surface area contributed by atoms with Crippen LogP contribution in [0.25, 0.3) is 0 Å². The van der Waals surface area contributed by atoms with Crippen LogP contribution in [0.2, 0.25) is 0 Å². The second-order valence-electron chi connectivity index (χ2n) is 6.93. The highest BCUT2D eigenvalue weighted by atomic mass is 16.2. The molecule has 3 rings (SSSR count). The van der Waals surface area contributed by atoms with Crippen molar-refractivity contribution in [3.05, 3.63) is 17.5 Å². The predicted octanol–water partition coefficient (Wildman–Crippen LogP) is 1.28. The lowest BCUT2D eigenvalue weighted by atomic mass is 9.89. The summed E-state index contributed by atoms with van der Waals surface area (Å²) in [4.78, 5) is 34.4. The normalized spacial score (nSPS) is 22.0. The minimum absolute atomic E-state index is 0.0848. The first-order valence-corrected chi connectivity index (χ1v) is 8.71. The minimum Gasteiger partial charge on any atom is -0.368 e. The van der Waals surface area contributed by atoms with E-state index >= 15 is 0 Å². The predicted molar refractivity (Wildman–Crippen MR) is 90.2 cm³/mol. The van der Waals surface area contributed by atoms with Gasteiger partial charge in [-0.1, -0.05) is 19.3 Å². The largest absolute Gasteiger partial charge is 0.368 e. The summed E-state index contributed by atoms with van der Waals surface area (Å²) in [6.45, 7) is 3.17. The van der Waals surface area contributed by atoms with Crippen LogP contribution in [0.1, 0.15) is 54.7 Å². The second kappa shape index (κ2) is 7.15. The highest BCUT2D eigenvalue weighted by molar-refractivity contribution is 5.93. The zero-order chi connectivity index (χ0) is 17.1. The molecule has 0 aromatic carbocycles. The molecule has 0 radical (unpaired) electrons. The molecule has 7 heteroatoms. The van der Waals surface area contributed by atoms with Crippen molar-refractivity contribution < 1.29 is 9.59 Å². The minimum atomic E-state index is -0.301. The molecule has 3 N–H and O–H groups in total. The number of hydrogen-bond donors (Lipinski definition) is 2. The maximum atomic E-state index is 12.3. The number of anilines is 1. The van der Waals surface area contributed by atoms with Gasteiger partial charge < -0.3 is 16.0 Å². The van der Waals surface area contributed by atoms with Crippen LogP contribution in [0.5, 0.6) is 0 Å². The molecule has 1 aromatic rings. The Morgan fingerprint density at radius 3 is 2.79 bits per heavy atom. The fourth-order valence-electron chi connectivity index (χ4n) is 3.69. The number of hydrogen-bond acceptors (Lipinski definition) is 5. The van der Waals surface area contributed by atoms with Gasteiger partial charge in [-0.3, -0.25) is 9.59 Å². The van der Waals surface area contributed by atoms with Crippen molar-refractivity contribution in [3.63, 3.8) is 0 Å². The molecule has 7 nitrogen and oxygen atoms in total. The van der Waals surface area contributed by atoms with E-state index in [1.54, 1.807) is 13.0 Å². The number of aromatic nitrogens is 2. The van der Waals surface area contributed by atoms with Crippen LogP contribution in [0, 0.1) is 12.8 Å². The van der Waals surface area contributed by atoms with Gasteiger partial charge >= 0.3 is 0 Å². The molecule has 2 amide bonds. The van der Waals surface area contributed by atoms with E-state index in [9.17, 15) is 9.59 Å². The molecule has 24 heavy (non-hydrogen) atoms. The number of nitrogens with two attached hydrogens (primary N) is 1. The number of nitrogen functional groups attached to an aromatic ring is 1. The Morgan fingerprint density at radius 1 is 1.33 bits per heavy atom. The quantitative estimate of drug-likeness (QED) is 0.865. The van der Waals surface area contributed by atoms with E-state index in [4.69, 9.17) is 5.73 Å². The molecule has 1 saturated heterocycles. The zero-order valence-electron chi connectivity index (χ0n) is 14.1. The van der Waals surface area contributed by atoms with Crippen LogP contribution in [0.15, 0.2) is 6.07 Å². The van der Waals surface area contributed by atoms with Crippen molar-refractivity contribution in [1.29, 1.82) is 0 Å². The number of nitrogens with one attached hydrogen (secondary N) is 1. The Kier molecular flexibility index (Phi) is 4.97. The number of amides is 2. The Bertz CT molecular complexity index is 607. The summed E-state index contributed by atoms with van der Waals surface area (Å²) in [6.07, 6.45) is 6.62. The van der Waals surface area contributed by atoms with Gasteiger partial charge in [0.25, 0.3) is 5.91 Å². The number of carbonyl (C=O) groups is 2. The third-order valence-corrected chi connectivity index (χ3v) is 4.86. The van der Waals surface area contributed by atoms with Crippen molar-refractivity contribution >= 4 is 17.8 Å². The highest BCUT2D eigenvalue weighted by Gasteiger charge is 2.32. The van der Waals surface area contributed by atoms with E-state index in [0.29, 0.717) is 24.6 Å². The van der Waals surface area contributed by atoms with Crippen molar-refractivity contribution in [2.45, 2.75) is 51.5 Å². The molecule has 0 spiro atoms. The van der Waals surface area contributed by atoms with Crippen molar-refractivity contribution in [2.75, 3.05) is 18.8 Å². The van der Waals surface area contributed by atoms with E-state index in [1.165, 1.54) is 32.1 Å². The lowest BCUT2D eigenvalue weighted by Crippen LogP contribution is -2.38. The summed E-state index contributed by atoms with van der Waals surface area (Å²) in [7, 11) is 0. The van der Waals surface area contributed by atoms with Crippen molar-refractivity contribution in [3.8, 4) is 0 Å². The molecule has 2 aliphatic rings. The molecule has 1 saturated carbocycles. The van der Waals surface area contributed by atoms with Gasteiger partial charge in [-0.25, -0.2) is 9.97 Å². The Hall–Kier alpha value is -2.18. The van der Waals surface area contributed by atoms with Crippen LogP contribution in [-0.2, 0) is 4.79 Å². The first-order chi connectivity index (χ1) is 11.5. The van der Waals surface area contributed by atoms with Crippen LogP contribution in [-0.4, -0.2) is 45.8 Å². The van der Waals surface area contributed by atoms with Gasteiger partial charge in [0.1, 0.15) is 5.69 Å². The summed E-state index contributed by atoms with van der Waals surface area (Å²) < 4.78 is 0. The molecular formula is C17H25N5O2. The van der Waals surface area contributed by atoms with Gasteiger partial charge in [0.05, 0.1) is 6.04 Å². The Morgan fingerprint density at radius 2 is 2.08 bits per heavy atom.